The van der Waals surface area contributed by atoms with Gasteiger partial charge in [-0.15, -0.1) is 0 Å². The van der Waals surface area contributed by atoms with E-state index in [2.05, 4.69) is 15.0 Å². The smallest absolute Gasteiger partial charge is 0.269 e. The first-order valence-corrected chi connectivity index (χ1v) is 11.5. The molecule has 1 aromatic heterocycles. The molecule has 168 valence electrons. The van der Waals surface area contributed by atoms with E-state index in [0.717, 1.165) is 29.3 Å². The summed E-state index contributed by atoms with van der Waals surface area (Å²) < 4.78 is 40.3. The predicted molar refractivity (Wildman–Crippen MR) is 118 cm³/mol. The van der Waals surface area contributed by atoms with Gasteiger partial charge in [0.2, 0.25) is 10.0 Å². The van der Waals surface area contributed by atoms with Crippen LogP contribution in [0.15, 0.2) is 65.7 Å². The third-order valence-electron chi connectivity index (χ3n) is 4.63. The summed E-state index contributed by atoms with van der Waals surface area (Å²) in [4.78, 5) is 16.2. The van der Waals surface area contributed by atoms with Crippen LogP contribution in [-0.2, 0) is 29.6 Å². The van der Waals surface area contributed by atoms with Gasteiger partial charge >= 0.3 is 0 Å². The highest BCUT2D eigenvalue weighted by Crippen LogP contribution is 2.19. The van der Waals surface area contributed by atoms with Crippen LogP contribution in [0.4, 0.5) is 4.39 Å². The van der Waals surface area contributed by atoms with Gasteiger partial charge in [0.1, 0.15) is 11.5 Å². The minimum Gasteiger partial charge on any atom is -0.392 e. The zero-order valence-electron chi connectivity index (χ0n) is 16.9. The van der Waals surface area contributed by atoms with Crippen LogP contribution in [0.1, 0.15) is 27.2 Å². The number of nitrogens with one attached hydrogen (secondary N) is 2. The van der Waals surface area contributed by atoms with E-state index in [9.17, 15) is 17.6 Å². The monoisotopic (exact) mass is 477 g/mol. The van der Waals surface area contributed by atoms with Crippen molar-refractivity contribution in [2.24, 2.45) is 0 Å². The van der Waals surface area contributed by atoms with Crippen molar-refractivity contribution in [2.45, 2.75) is 24.5 Å². The maximum absolute atomic E-state index is 13.2. The van der Waals surface area contributed by atoms with Gasteiger partial charge in [-0.05, 0) is 47.4 Å². The zero-order valence-corrected chi connectivity index (χ0v) is 18.5. The zero-order chi connectivity index (χ0) is 23.1. The Morgan fingerprint density at radius 2 is 1.72 bits per heavy atom. The van der Waals surface area contributed by atoms with Gasteiger partial charge in [0, 0.05) is 19.3 Å². The molecule has 1 heterocycles. The van der Waals surface area contributed by atoms with Crippen molar-refractivity contribution in [1.82, 2.24) is 15.0 Å². The van der Waals surface area contributed by atoms with Crippen molar-refractivity contribution in [3.8, 4) is 0 Å². The number of aliphatic hydroxyl groups is 1. The van der Waals surface area contributed by atoms with Crippen LogP contribution in [0.25, 0.3) is 0 Å². The molecule has 0 unspecified atom stereocenters. The van der Waals surface area contributed by atoms with Gasteiger partial charge in [-0.25, -0.2) is 17.5 Å². The standard InChI is InChI=1S/C22H21ClFN3O4S/c23-19-11-18(6-7-20(19)24)32(30,31)27-13-17-5-8-21(26-12-17)22(29)25-10-9-15-1-3-16(14-28)4-2-15/h1-8,11-12,27-28H,9-10,13-14H2,(H,25,29). The van der Waals surface area contributed by atoms with Crippen LogP contribution in [0.2, 0.25) is 5.02 Å². The van der Waals surface area contributed by atoms with Crippen molar-refractivity contribution in [2.75, 3.05) is 6.54 Å². The van der Waals surface area contributed by atoms with E-state index in [-0.39, 0.29) is 34.7 Å². The molecule has 0 spiro atoms. The van der Waals surface area contributed by atoms with E-state index in [1.54, 1.807) is 6.07 Å². The average Bonchev–Trinajstić information content (AvgIpc) is 2.80. The number of carbonyl (C=O) groups is 1. The Morgan fingerprint density at radius 3 is 2.34 bits per heavy atom. The second-order valence-corrected chi connectivity index (χ2v) is 9.11. The summed E-state index contributed by atoms with van der Waals surface area (Å²) >= 11 is 5.64. The number of carbonyl (C=O) groups excluding carboxylic acids is 1. The second-order valence-electron chi connectivity index (χ2n) is 6.93. The first kappa shape index (κ1) is 23.8. The van der Waals surface area contributed by atoms with Crippen LogP contribution in [-0.4, -0.2) is 31.0 Å². The Hall–Kier alpha value is -2.85. The Bertz CT molecular complexity index is 1190. The minimum absolute atomic E-state index is 0.0132. The Kier molecular flexibility index (Phi) is 7.92. The average molecular weight is 478 g/mol. The van der Waals surface area contributed by atoms with Crippen LogP contribution in [0.5, 0.6) is 0 Å². The molecular formula is C22H21ClFN3O4S. The fourth-order valence-electron chi connectivity index (χ4n) is 2.79. The molecule has 0 bridgehead atoms. The number of aromatic nitrogens is 1. The number of halogens is 2. The van der Waals surface area contributed by atoms with E-state index >= 15 is 0 Å². The maximum Gasteiger partial charge on any atom is 0.269 e. The van der Waals surface area contributed by atoms with E-state index in [4.69, 9.17) is 16.7 Å². The largest absolute Gasteiger partial charge is 0.392 e. The molecule has 0 saturated carbocycles. The highest BCUT2D eigenvalue weighted by Gasteiger charge is 2.16. The number of benzene rings is 2. The van der Waals surface area contributed by atoms with Crippen molar-refractivity contribution < 1.29 is 22.7 Å². The van der Waals surface area contributed by atoms with Gasteiger partial charge in [0.15, 0.2) is 0 Å². The number of rotatable bonds is 9. The summed E-state index contributed by atoms with van der Waals surface area (Å²) in [5.41, 5.74) is 2.60. The number of sulfonamides is 1. The number of pyridine rings is 1. The Balaban J connectivity index is 1.51. The van der Waals surface area contributed by atoms with Gasteiger partial charge in [0.05, 0.1) is 16.5 Å². The minimum atomic E-state index is -3.89. The van der Waals surface area contributed by atoms with E-state index in [1.807, 2.05) is 24.3 Å². The Labute approximate surface area is 190 Å². The highest BCUT2D eigenvalue weighted by molar-refractivity contribution is 7.89. The summed E-state index contributed by atoms with van der Waals surface area (Å²) in [6, 6.07) is 13.7. The molecule has 32 heavy (non-hydrogen) atoms. The molecule has 0 aliphatic rings. The molecule has 1 amide bonds. The molecule has 0 atom stereocenters. The van der Waals surface area contributed by atoms with Gasteiger partial charge in [-0.3, -0.25) is 9.78 Å². The summed E-state index contributed by atoms with van der Waals surface area (Å²) in [5.74, 6) is -1.05. The van der Waals surface area contributed by atoms with E-state index in [1.165, 1.54) is 12.3 Å². The van der Waals surface area contributed by atoms with Crippen molar-refractivity contribution in [3.05, 3.63) is 94.0 Å². The van der Waals surface area contributed by atoms with Gasteiger partial charge < -0.3 is 10.4 Å². The SMILES string of the molecule is O=C(NCCc1ccc(CO)cc1)c1ccc(CNS(=O)(=O)c2ccc(F)c(Cl)c2)cn1. The molecule has 2 aromatic carbocycles. The fraction of sp³-hybridized carbons (Fsp3) is 0.182. The van der Waals surface area contributed by atoms with Crippen LogP contribution < -0.4 is 10.0 Å². The molecule has 0 radical (unpaired) electrons. The molecule has 3 rings (SSSR count). The first-order chi connectivity index (χ1) is 15.3. The Morgan fingerprint density at radius 1 is 1.03 bits per heavy atom. The normalized spacial score (nSPS) is 11.3. The van der Waals surface area contributed by atoms with Gasteiger partial charge in [-0.1, -0.05) is 41.9 Å². The number of aliphatic hydroxyl groups excluding tert-OH is 1. The molecule has 0 saturated heterocycles. The first-order valence-electron chi connectivity index (χ1n) is 9.65. The van der Waals surface area contributed by atoms with Crippen LogP contribution >= 0.6 is 11.6 Å². The number of nitrogens with zero attached hydrogens (tertiary/aromatic N) is 1. The molecule has 3 aromatic rings. The highest BCUT2D eigenvalue weighted by atomic mass is 35.5. The third kappa shape index (κ3) is 6.33. The topological polar surface area (TPSA) is 108 Å². The lowest BCUT2D eigenvalue weighted by molar-refractivity contribution is 0.0949. The summed E-state index contributed by atoms with van der Waals surface area (Å²) in [6.07, 6.45) is 2.04. The van der Waals surface area contributed by atoms with E-state index < -0.39 is 15.8 Å². The predicted octanol–water partition coefficient (Wildman–Crippen LogP) is 2.82. The molecule has 0 aliphatic heterocycles. The lowest BCUT2D eigenvalue weighted by Gasteiger charge is -2.08. The lowest BCUT2D eigenvalue weighted by Crippen LogP contribution is -2.27. The maximum atomic E-state index is 13.2. The molecular weight excluding hydrogens is 457 g/mol. The lowest BCUT2D eigenvalue weighted by atomic mass is 10.1. The third-order valence-corrected chi connectivity index (χ3v) is 6.32. The van der Waals surface area contributed by atoms with E-state index in [0.29, 0.717) is 18.5 Å². The van der Waals surface area contributed by atoms with Crippen LogP contribution in [0.3, 0.4) is 0 Å². The summed E-state index contributed by atoms with van der Waals surface area (Å²) in [6.45, 7) is 0.345. The summed E-state index contributed by atoms with van der Waals surface area (Å²) in [7, 11) is -3.89. The molecule has 0 fully saturated rings. The van der Waals surface area contributed by atoms with Gasteiger partial charge in [-0.2, -0.15) is 0 Å². The second kappa shape index (κ2) is 10.6. The number of amides is 1. The van der Waals surface area contributed by atoms with Crippen molar-refractivity contribution in [1.29, 1.82) is 0 Å². The quantitative estimate of drug-likeness (QED) is 0.439. The number of hydrogen-bond donors (Lipinski definition) is 3. The van der Waals surface area contributed by atoms with Crippen molar-refractivity contribution in [3.63, 3.8) is 0 Å². The fourth-order valence-corrected chi connectivity index (χ4v) is 4.08. The molecule has 7 nitrogen and oxygen atoms in total. The summed E-state index contributed by atoms with van der Waals surface area (Å²) in [5, 5.41) is 11.5. The molecule has 0 aliphatic carbocycles. The van der Waals surface area contributed by atoms with Crippen molar-refractivity contribution >= 4 is 27.5 Å². The van der Waals surface area contributed by atoms with Gasteiger partial charge in [0.25, 0.3) is 5.91 Å². The molecule has 3 N–H and O–H groups in total. The number of hydrogen-bond acceptors (Lipinski definition) is 5. The van der Waals surface area contributed by atoms with Crippen LogP contribution in [0, 0.1) is 5.82 Å². The molecule has 10 heteroatoms.